The van der Waals surface area contributed by atoms with Gasteiger partial charge < -0.3 is 20.4 Å². The third kappa shape index (κ3) is 2.62. The van der Waals surface area contributed by atoms with Crippen molar-refractivity contribution in [3.05, 3.63) is 65.1 Å². The van der Waals surface area contributed by atoms with Gasteiger partial charge in [0.2, 0.25) is 0 Å². The van der Waals surface area contributed by atoms with Gasteiger partial charge in [-0.05, 0) is 18.2 Å². The number of phenols is 1. The normalized spacial score (nSPS) is 10.8. The van der Waals surface area contributed by atoms with Crippen LogP contribution in [0, 0.1) is 11.2 Å². The van der Waals surface area contributed by atoms with Crippen molar-refractivity contribution in [1.82, 2.24) is 9.88 Å². The Balaban J connectivity index is 1.96. The van der Waals surface area contributed by atoms with E-state index in [1.54, 1.807) is 35.9 Å². The number of carbonyl (C=O) groups excluding carboxylic acids is 1. The van der Waals surface area contributed by atoms with Crippen LogP contribution in [0.15, 0.2) is 42.5 Å². The fraction of sp³-hybridized carbons (Fsp3) is 0.111. The summed E-state index contributed by atoms with van der Waals surface area (Å²) in [4.78, 5) is 12.6. The number of rotatable bonds is 4. The van der Waals surface area contributed by atoms with E-state index in [1.807, 2.05) is 0 Å². The first-order chi connectivity index (χ1) is 11.5. The molecule has 0 unspecified atom stereocenters. The standard InChI is InChI=1S/C18H16FN3O2/c1-22-16-8-12(23)6-7-13(16)14(9-20)17(22)18(24)21-10-11-4-2-3-5-15(11)19/h2-9,20,23H,10H2,1H3,(H,21,24). The summed E-state index contributed by atoms with van der Waals surface area (Å²) in [5, 5.41) is 20.6. The lowest BCUT2D eigenvalue weighted by atomic mass is 10.1. The van der Waals surface area contributed by atoms with Crippen molar-refractivity contribution in [3.8, 4) is 5.75 Å². The predicted molar refractivity (Wildman–Crippen MR) is 90.0 cm³/mol. The first-order valence-electron chi connectivity index (χ1n) is 7.36. The molecule has 0 aliphatic rings. The van der Waals surface area contributed by atoms with Crippen LogP contribution in [-0.4, -0.2) is 21.8 Å². The molecule has 1 aromatic heterocycles. The molecule has 0 bridgehead atoms. The quantitative estimate of drug-likeness (QED) is 0.645. The summed E-state index contributed by atoms with van der Waals surface area (Å²) in [6, 6.07) is 10.9. The summed E-state index contributed by atoms with van der Waals surface area (Å²) < 4.78 is 15.3. The summed E-state index contributed by atoms with van der Waals surface area (Å²) in [5.74, 6) is -0.708. The van der Waals surface area contributed by atoms with Gasteiger partial charge in [-0.2, -0.15) is 0 Å². The molecule has 1 heterocycles. The first-order valence-corrected chi connectivity index (χ1v) is 7.36. The maximum atomic E-state index is 13.7. The Kier molecular flexibility index (Phi) is 4.04. The number of aryl methyl sites for hydroxylation is 1. The molecule has 0 aliphatic carbocycles. The van der Waals surface area contributed by atoms with Gasteiger partial charge in [0.1, 0.15) is 17.3 Å². The number of nitrogens with zero attached hydrogens (tertiary/aromatic N) is 1. The second kappa shape index (κ2) is 6.16. The average Bonchev–Trinajstić information content (AvgIpc) is 2.85. The smallest absolute Gasteiger partial charge is 0.268 e. The summed E-state index contributed by atoms with van der Waals surface area (Å²) in [5.41, 5.74) is 1.78. The fourth-order valence-electron chi connectivity index (χ4n) is 2.78. The van der Waals surface area contributed by atoms with E-state index in [0.717, 1.165) is 6.21 Å². The van der Waals surface area contributed by atoms with Gasteiger partial charge in [0.15, 0.2) is 0 Å². The molecule has 0 radical (unpaired) electrons. The Morgan fingerprint density at radius 3 is 2.79 bits per heavy atom. The summed E-state index contributed by atoms with van der Waals surface area (Å²) in [6.07, 6.45) is 1.11. The number of benzene rings is 2. The Morgan fingerprint density at radius 1 is 1.33 bits per heavy atom. The van der Waals surface area contributed by atoms with Gasteiger partial charge in [-0.15, -0.1) is 0 Å². The van der Waals surface area contributed by atoms with Crippen LogP contribution in [0.25, 0.3) is 10.9 Å². The highest BCUT2D eigenvalue weighted by atomic mass is 19.1. The highest BCUT2D eigenvalue weighted by molar-refractivity contribution is 6.10. The van der Waals surface area contributed by atoms with Gasteiger partial charge in [0.05, 0.1) is 5.52 Å². The molecule has 3 aromatic rings. The fourth-order valence-corrected chi connectivity index (χ4v) is 2.78. The van der Waals surface area contributed by atoms with Gasteiger partial charge in [-0.1, -0.05) is 18.2 Å². The van der Waals surface area contributed by atoms with E-state index in [-0.39, 0.29) is 18.1 Å². The largest absolute Gasteiger partial charge is 0.508 e. The summed E-state index contributed by atoms with van der Waals surface area (Å²) >= 11 is 0. The van der Waals surface area contributed by atoms with E-state index < -0.39 is 5.91 Å². The molecular weight excluding hydrogens is 309 g/mol. The maximum Gasteiger partial charge on any atom is 0.268 e. The monoisotopic (exact) mass is 325 g/mol. The van der Waals surface area contributed by atoms with Crippen LogP contribution < -0.4 is 5.32 Å². The zero-order chi connectivity index (χ0) is 17.3. The Morgan fingerprint density at radius 2 is 2.08 bits per heavy atom. The van der Waals surface area contributed by atoms with Crippen molar-refractivity contribution in [1.29, 1.82) is 5.41 Å². The van der Waals surface area contributed by atoms with Crippen LogP contribution in [0.2, 0.25) is 0 Å². The molecule has 0 aliphatic heterocycles. The summed E-state index contributed by atoms with van der Waals surface area (Å²) in [7, 11) is 1.69. The molecule has 0 atom stereocenters. The lowest BCUT2D eigenvalue weighted by Crippen LogP contribution is -2.26. The minimum Gasteiger partial charge on any atom is -0.508 e. The number of carbonyl (C=O) groups is 1. The third-order valence-corrected chi connectivity index (χ3v) is 3.98. The van der Waals surface area contributed by atoms with E-state index in [4.69, 9.17) is 5.41 Å². The van der Waals surface area contributed by atoms with E-state index in [9.17, 15) is 14.3 Å². The molecule has 5 nitrogen and oxygen atoms in total. The van der Waals surface area contributed by atoms with Crippen LogP contribution in [0.5, 0.6) is 5.75 Å². The molecule has 0 spiro atoms. The molecule has 122 valence electrons. The van der Waals surface area contributed by atoms with Crippen LogP contribution in [0.3, 0.4) is 0 Å². The first kappa shape index (κ1) is 15.7. The molecule has 1 amide bonds. The van der Waals surface area contributed by atoms with Crippen molar-refractivity contribution in [2.45, 2.75) is 6.54 Å². The molecule has 2 aromatic carbocycles. The topological polar surface area (TPSA) is 78.1 Å². The second-order valence-corrected chi connectivity index (χ2v) is 5.44. The SMILES string of the molecule is Cn1c(C(=O)NCc2ccccc2F)c(C=N)c2ccc(O)cc21. The van der Waals surface area contributed by atoms with Gasteiger partial charge in [-0.3, -0.25) is 4.79 Å². The minimum absolute atomic E-state index is 0.0513. The van der Waals surface area contributed by atoms with E-state index in [2.05, 4.69) is 5.32 Å². The van der Waals surface area contributed by atoms with E-state index in [0.29, 0.717) is 27.7 Å². The third-order valence-electron chi connectivity index (χ3n) is 3.98. The minimum atomic E-state index is -0.407. The lowest BCUT2D eigenvalue weighted by molar-refractivity contribution is 0.0942. The van der Waals surface area contributed by atoms with Crippen molar-refractivity contribution in [3.63, 3.8) is 0 Å². The number of nitrogens with one attached hydrogen (secondary N) is 2. The zero-order valence-electron chi connectivity index (χ0n) is 13.0. The predicted octanol–water partition coefficient (Wildman–Crippen LogP) is 2.95. The number of aromatic nitrogens is 1. The number of hydrogen-bond acceptors (Lipinski definition) is 3. The van der Waals surface area contributed by atoms with Gasteiger partial charge >= 0.3 is 0 Å². The zero-order valence-corrected chi connectivity index (χ0v) is 13.0. The molecule has 3 N–H and O–H groups in total. The molecule has 0 saturated carbocycles. The van der Waals surface area contributed by atoms with Crippen LogP contribution in [-0.2, 0) is 13.6 Å². The van der Waals surface area contributed by atoms with Crippen molar-refractivity contribution in [2.24, 2.45) is 7.05 Å². The molecular formula is C18H16FN3O2. The molecule has 0 saturated heterocycles. The number of amides is 1. The number of halogens is 1. The number of hydrogen-bond donors (Lipinski definition) is 3. The van der Waals surface area contributed by atoms with Crippen LogP contribution in [0.4, 0.5) is 4.39 Å². The molecule has 0 fully saturated rings. The Labute approximate surface area is 137 Å². The molecule has 6 heteroatoms. The maximum absolute atomic E-state index is 13.7. The number of fused-ring (bicyclic) bond motifs is 1. The van der Waals surface area contributed by atoms with Crippen molar-refractivity contribution in [2.75, 3.05) is 0 Å². The van der Waals surface area contributed by atoms with E-state index >= 15 is 0 Å². The average molecular weight is 325 g/mol. The second-order valence-electron chi connectivity index (χ2n) is 5.44. The van der Waals surface area contributed by atoms with Crippen molar-refractivity contribution < 1.29 is 14.3 Å². The van der Waals surface area contributed by atoms with Gasteiger partial charge in [0, 0.05) is 42.4 Å². The van der Waals surface area contributed by atoms with Crippen LogP contribution in [0.1, 0.15) is 21.6 Å². The highest BCUT2D eigenvalue weighted by Gasteiger charge is 2.20. The van der Waals surface area contributed by atoms with Crippen molar-refractivity contribution >= 4 is 23.0 Å². The number of aromatic hydroxyl groups is 1. The van der Waals surface area contributed by atoms with Gasteiger partial charge in [-0.25, -0.2) is 4.39 Å². The van der Waals surface area contributed by atoms with Gasteiger partial charge in [0.25, 0.3) is 5.91 Å². The summed E-state index contributed by atoms with van der Waals surface area (Å²) in [6.45, 7) is 0.0513. The highest BCUT2D eigenvalue weighted by Crippen LogP contribution is 2.27. The Hall–Kier alpha value is -3.15. The molecule has 24 heavy (non-hydrogen) atoms. The molecule has 3 rings (SSSR count). The lowest BCUT2D eigenvalue weighted by Gasteiger charge is -2.08. The number of phenolic OH excluding ortho intramolecular Hbond substituents is 1. The Bertz CT molecular complexity index is 947. The van der Waals surface area contributed by atoms with E-state index in [1.165, 1.54) is 18.2 Å². The van der Waals surface area contributed by atoms with Crippen LogP contribution >= 0.6 is 0 Å².